The Morgan fingerprint density at radius 1 is 1.15 bits per heavy atom. The van der Waals surface area contributed by atoms with E-state index < -0.39 is 23.1 Å². The Bertz CT molecular complexity index is 1190. The van der Waals surface area contributed by atoms with Crippen LogP contribution in [0, 0.1) is 0 Å². The quantitative estimate of drug-likeness (QED) is 0.554. The number of nitrogens with zero attached hydrogens (tertiary/aromatic N) is 4. The fourth-order valence-electron chi connectivity index (χ4n) is 2.66. The fourth-order valence-corrected chi connectivity index (χ4v) is 3.14. The first-order valence-corrected chi connectivity index (χ1v) is 8.51. The Balaban J connectivity index is 1.93. The van der Waals surface area contributed by atoms with Crippen molar-refractivity contribution in [2.24, 2.45) is 19.8 Å². The van der Waals surface area contributed by atoms with Crippen molar-refractivity contribution < 1.29 is 9.59 Å². The molecule has 0 aliphatic carbocycles. The number of hydrogen-bond donors (Lipinski definition) is 2. The second-order valence-electron chi connectivity index (χ2n) is 5.83. The Labute approximate surface area is 160 Å². The highest BCUT2D eigenvalue weighted by atomic mass is 79.9. The van der Waals surface area contributed by atoms with Crippen LogP contribution in [-0.4, -0.2) is 30.5 Å². The standard InChI is InChI=1S/C16H15BrN6O4/c1-21-13-11(14(26)22(2)16(21)27)20-15(17)23(13)7-10(24)19-9-5-3-8(4-6-9)12(18)25/h3-6H,7H2,1-2H3,(H2,18,25)(H,19,24). The van der Waals surface area contributed by atoms with Gasteiger partial charge in [-0.2, -0.15) is 0 Å². The Morgan fingerprint density at radius 3 is 2.37 bits per heavy atom. The summed E-state index contributed by atoms with van der Waals surface area (Å²) in [7, 11) is 2.86. The Kier molecular flexibility index (Phi) is 4.70. The molecule has 0 radical (unpaired) electrons. The van der Waals surface area contributed by atoms with Crippen molar-refractivity contribution in [1.29, 1.82) is 0 Å². The van der Waals surface area contributed by atoms with Crippen LogP contribution in [0.15, 0.2) is 38.6 Å². The van der Waals surface area contributed by atoms with Gasteiger partial charge in [0.15, 0.2) is 15.9 Å². The van der Waals surface area contributed by atoms with Crippen LogP contribution in [0.25, 0.3) is 11.2 Å². The van der Waals surface area contributed by atoms with Gasteiger partial charge in [0.05, 0.1) is 0 Å². The van der Waals surface area contributed by atoms with Crippen LogP contribution >= 0.6 is 15.9 Å². The summed E-state index contributed by atoms with van der Waals surface area (Å²) in [6, 6.07) is 6.08. The molecule has 2 aromatic heterocycles. The Hall–Kier alpha value is -3.21. The van der Waals surface area contributed by atoms with Gasteiger partial charge in [-0.1, -0.05) is 0 Å². The third-order valence-electron chi connectivity index (χ3n) is 4.05. The van der Waals surface area contributed by atoms with Gasteiger partial charge in [-0.15, -0.1) is 0 Å². The highest BCUT2D eigenvalue weighted by molar-refractivity contribution is 9.10. The van der Waals surface area contributed by atoms with Crippen molar-refractivity contribution in [3.8, 4) is 0 Å². The third-order valence-corrected chi connectivity index (χ3v) is 4.65. The van der Waals surface area contributed by atoms with Crippen LogP contribution < -0.4 is 22.3 Å². The summed E-state index contributed by atoms with van der Waals surface area (Å²) in [6.45, 7) is -0.185. The smallest absolute Gasteiger partial charge is 0.332 e. The van der Waals surface area contributed by atoms with Crippen molar-refractivity contribution in [3.05, 3.63) is 55.4 Å². The predicted molar refractivity (Wildman–Crippen MR) is 102 cm³/mol. The van der Waals surface area contributed by atoms with Gasteiger partial charge in [0, 0.05) is 25.3 Å². The van der Waals surface area contributed by atoms with Gasteiger partial charge in [-0.05, 0) is 40.2 Å². The van der Waals surface area contributed by atoms with Crippen LogP contribution in [0.4, 0.5) is 5.69 Å². The molecule has 0 atom stereocenters. The summed E-state index contributed by atoms with van der Waals surface area (Å²) < 4.78 is 3.87. The van der Waals surface area contributed by atoms with Crippen molar-refractivity contribution >= 4 is 44.6 Å². The maximum Gasteiger partial charge on any atom is 0.332 e. The van der Waals surface area contributed by atoms with Crippen LogP contribution in [0.3, 0.4) is 0 Å². The van der Waals surface area contributed by atoms with E-state index in [9.17, 15) is 19.2 Å². The SMILES string of the molecule is Cn1c(=O)c2nc(Br)n(CC(=O)Nc3ccc(C(N)=O)cc3)c2n(C)c1=O. The number of fused-ring (bicyclic) bond motifs is 1. The molecule has 140 valence electrons. The average Bonchev–Trinajstić information content (AvgIpc) is 2.95. The molecule has 0 unspecified atom stereocenters. The molecule has 2 heterocycles. The second-order valence-corrected chi connectivity index (χ2v) is 6.54. The van der Waals surface area contributed by atoms with E-state index in [4.69, 9.17) is 5.73 Å². The van der Waals surface area contributed by atoms with Gasteiger partial charge >= 0.3 is 5.69 Å². The number of aromatic nitrogens is 4. The lowest BCUT2D eigenvalue weighted by Gasteiger charge is -2.10. The van der Waals surface area contributed by atoms with Gasteiger partial charge in [0.1, 0.15) is 6.54 Å². The van der Waals surface area contributed by atoms with Crippen LogP contribution in [0.1, 0.15) is 10.4 Å². The number of nitrogens with one attached hydrogen (secondary N) is 1. The molecule has 0 spiro atoms. The minimum atomic E-state index is -0.566. The van der Waals surface area contributed by atoms with Crippen molar-refractivity contribution in [2.45, 2.75) is 6.54 Å². The molecular weight excluding hydrogens is 420 g/mol. The number of carbonyl (C=O) groups is 2. The molecule has 11 heteroatoms. The summed E-state index contributed by atoms with van der Waals surface area (Å²) in [5.41, 5.74) is 5.20. The molecule has 0 fully saturated rings. The Morgan fingerprint density at radius 2 is 1.78 bits per heavy atom. The van der Waals surface area contributed by atoms with Crippen LogP contribution in [-0.2, 0) is 25.4 Å². The van der Waals surface area contributed by atoms with Crippen molar-refractivity contribution in [1.82, 2.24) is 18.7 Å². The molecule has 0 saturated heterocycles. The molecular formula is C16H15BrN6O4. The first kappa shape index (κ1) is 18.6. The largest absolute Gasteiger partial charge is 0.366 e. The van der Waals surface area contributed by atoms with Crippen molar-refractivity contribution in [3.63, 3.8) is 0 Å². The summed E-state index contributed by atoms with van der Waals surface area (Å²) >= 11 is 3.22. The van der Waals surface area contributed by atoms with E-state index in [1.807, 2.05) is 0 Å². The van der Waals surface area contributed by atoms with Gasteiger partial charge in [0.2, 0.25) is 11.8 Å². The van der Waals surface area contributed by atoms with Crippen molar-refractivity contribution in [2.75, 3.05) is 5.32 Å². The first-order chi connectivity index (χ1) is 12.7. The van der Waals surface area contributed by atoms with E-state index in [0.717, 1.165) is 4.57 Å². The number of amides is 2. The molecule has 0 bridgehead atoms. The topological polar surface area (TPSA) is 134 Å². The van der Waals surface area contributed by atoms with E-state index >= 15 is 0 Å². The second kappa shape index (κ2) is 6.83. The average molecular weight is 435 g/mol. The van der Waals surface area contributed by atoms with Crippen LogP contribution in [0.2, 0.25) is 0 Å². The zero-order valence-electron chi connectivity index (χ0n) is 14.4. The molecule has 0 aliphatic heterocycles. The summed E-state index contributed by atoms with van der Waals surface area (Å²) in [6.07, 6.45) is 0. The predicted octanol–water partition coefficient (Wildman–Crippen LogP) is -0.0662. The molecule has 3 N–H and O–H groups in total. The van der Waals surface area contributed by atoms with Gasteiger partial charge in [-0.3, -0.25) is 28.1 Å². The number of halogens is 1. The number of nitrogens with two attached hydrogens (primary N) is 1. The highest BCUT2D eigenvalue weighted by Crippen LogP contribution is 2.17. The third kappa shape index (κ3) is 3.28. The zero-order chi connectivity index (χ0) is 19.9. The zero-order valence-corrected chi connectivity index (χ0v) is 16.0. The lowest BCUT2D eigenvalue weighted by atomic mass is 10.2. The molecule has 0 aliphatic rings. The van der Waals surface area contributed by atoms with Gasteiger partial charge in [-0.25, -0.2) is 9.78 Å². The highest BCUT2D eigenvalue weighted by Gasteiger charge is 2.19. The van der Waals surface area contributed by atoms with Crippen LogP contribution in [0.5, 0.6) is 0 Å². The lowest BCUT2D eigenvalue weighted by Crippen LogP contribution is -2.37. The van der Waals surface area contributed by atoms with E-state index in [1.165, 1.54) is 35.4 Å². The monoisotopic (exact) mass is 434 g/mol. The molecule has 3 rings (SSSR count). The minimum absolute atomic E-state index is 0.0742. The maximum absolute atomic E-state index is 12.4. The fraction of sp³-hybridized carbons (Fsp3) is 0.188. The first-order valence-electron chi connectivity index (χ1n) is 7.72. The minimum Gasteiger partial charge on any atom is -0.366 e. The lowest BCUT2D eigenvalue weighted by molar-refractivity contribution is -0.116. The maximum atomic E-state index is 12.4. The summed E-state index contributed by atoms with van der Waals surface area (Å²) in [5.74, 6) is -0.973. The number of rotatable bonds is 4. The van der Waals surface area contributed by atoms with E-state index in [2.05, 4.69) is 26.2 Å². The molecule has 0 saturated carbocycles. The summed E-state index contributed by atoms with van der Waals surface area (Å²) in [4.78, 5) is 52.0. The number of primary amides is 1. The number of carbonyl (C=O) groups excluding carboxylic acids is 2. The number of aryl methyl sites for hydroxylation is 1. The van der Waals surface area contributed by atoms with Gasteiger partial charge in [0.25, 0.3) is 5.56 Å². The molecule has 10 nitrogen and oxygen atoms in total. The molecule has 2 amide bonds. The number of benzene rings is 1. The van der Waals surface area contributed by atoms with E-state index in [1.54, 1.807) is 12.1 Å². The van der Waals surface area contributed by atoms with E-state index in [-0.39, 0.29) is 22.4 Å². The summed E-state index contributed by atoms with van der Waals surface area (Å²) in [5, 5.41) is 2.67. The molecule has 3 aromatic rings. The number of hydrogen-bond acceptors (Lipinski definition) is 5. The van der Waals surface area contributed by atoms with Gasteiger partial charge < -0.3 is 11.1 Å². The molecule has 27 heavy (non-hydrogen) atoms. The van der Waals surface area contributed by atoms with E-state index in [0.29, 0.717) is 11.3 Å². The number of imidazole rings is 1. The molecule has 1 aromatic carbocycles. The number of anilines is 1. The normalized spacial score (nSPS) is 10.9.